The highest BCUT2D eigenvalue weighted by Crippen LogP contribution is 2.25. The highest BCUT2D eigenvalue weighted by molar-refractivity contribution is 5.64. The SMILES string of the molecule is C[C@H]1[C@H](O)C[C@H]([NH+]2CC=NC2)[C@H]2C[C@H](CCCCCCC[C@@H](O)CC(=O)[O-])CC[NH+]21. The molecule has 172 valence electrons. The van der Waals surface area contributed by atoms with E-state index in [4.69, 9.17) is 0 Å². The van der Waals surface area contributed by atoms with Crippen LogP contribution in [-0.2, 0) is 4.79 Å². The van der Waals surface area contributed by atoms with Gasteiger partial charge in [0, 0.05) is 25.2 Å². The van der Waals surface area contributed by atoms with E-state index in [9.17, 15) is 20.1 Å². The summed E-state index contributed by atoms with van der Waals surface area (Å²) in [6.07, 6.45) is 11.8. The molecule has 0 spiro atoms. The second kappa shape index (κ2) is 11.6. The van der Waals surface area contributed by atoms with Gasteiger partial charge in [-0.25, -0.2) is 4.99 Å². The number of carbonyl (C=O) groups is 1. The number of fused-ring (bicyclic) bond motifs is 1. The second-order valence-corrected chi connectivity index (χ2v) is 9.98. The van der Waals surface area contributed by atoms with Crippen LogP contribution in [0.25, 0.3) is 0 Å². The number of unbranched alkanes of at least 4 members (excludes halogenated alkanes) is 4. The minimum atomic E-state index is -1.17. The number of aliphatic hydroxyl groups excluding tert-OH is 2. The van der Waals surface area contributed by atoms with Crippen LogP contribution in [0.1, 0.15) is 77.6 Å². The first-order valence-electron chi connectivity index (χ1n) is 12.2. The van der Waals surface area contributed by atoms with Crippen molar-refractivity contribution in [3.05, 3.63) is 0 Å². The van der Waals surface area contributed by atoms with E-state index in [1.807, 2.05) is 0 Å². The number of hydrogen-bond acceptors (Lipinski definition) is 5. The molecular weight excluding hydrogens is 382 g/mol. The molecule has 0 aliphatic carbocycles. The van der Waals surface area contributed by atoms with Gasteiger partial charge in [-0.3, -0.25) is 0 Å². The molecule has 0 saturated carbocycles. The van der Waals surface area contributed by atoms with Gasteiger partial charge in [0.25, 0.3) is 0 Å². The van der Waals surface area contributed by atoms with Crippen LogP contribution < -0.4 is 14.9 Å². The maximum absolute atomic E-state index is 10.6. The fraction of sp³-hybridized carbons (Fsp3) is 0.913. The Hall–Kier alpha value is -1.02. The number of hydrogen-bond donors (Lipinski definition) is 4. The third kappa shape index (κ3) is 6.49. The van der Waals surface area contributed by atoms with Gasteiger partial charge in [-0.15, -0.1) is 0 Å². The van der Waals surface area contributed by atoms with E-state index in [0.717, 1.165) is 44.8 Å². The van der Waals surface area contributed by atoms with Crippen LogP contribution in [0.5, 0.6) is 0 Å². The number of quaternary nitrogens is 2. The molecule has 0 bridgehead atoms. The van der Waals surface area contributed by atoms with Gasteiger partial charge in [-0.2, -0.15) is 0 Å². The van der Waals surface area contributed by atoms with Crippen molar-refractivity contribution in [1.29, 1.82) is 0 Å². The zero-order valence-corrected chi connectivity index (χ0v) is 18.6. The average molecular weight is 425 g/mol. The quantitative estimate of drug-likeness (QED) is 0.298. The van der Waals surface area contributed by atoms with Crippen LogP contribution in [0, 0.1) is 5.92 Å². The van der Waals surface area contributed by atoms with Gasteiger partial charge in [-0.05, 0) is 32.1 Å². The first-order chi connectivity index (χ1) is 14.5. The van der Waals surface area contributed by atoms with E-state index in [-0.39, 0.29) is 12.5 Å². The number of aliphatic imine (C=N–C) groups is 1. The van der Waals surface area contributed by atoms with Gasteiger partial charge in [0.1, 0.15) is 30.8 Å². The maximum Gasteiger partial charge on any atom is 0.171 e. The fourth-order valence-electron chi connectivity index (χ4n) is 6.10. The molecule has 0 aromatic heterocycles. The molecule has 30 heavy (non-hydrogen) atoms. The Bertz CT molecular complexity index is 565. The van der Waals surface area contributed by atoms with E-state index < -0.39 is 12.1 Å². The second-order valence-electron chi connectivity index (χ2n) is 9.98. The van der Waals surface area contributed by atoms with Crippen LogP contribution in [0.15, 0.2) is 4.99 Å². The predicted octanol–water partition coefficient (Wildman–Crippen LogP) is -1.67. The monoisotopic (exact) mass is 424 g/mol. The summed E-state index contributed by atoms with van der Waals surface area (Å²) in [5.41, 5.74) is 0. The minimum Gasteiger partial charge on any atom is -0.550 e. The van der Waals surface area contributed by atoms with Crippen molar-refractivity contribution >= 4 is 12.2 Å². The van der Waals surface area contributed by atoms with Crippen molar-refractivity contribution in [3.63, 3.8) is 0 Å². The highest BCUT2D eigenvalue weighted by Gasteiger charge is 2.50. The molecule has 3 heterocycles. The standard InChI is InChI=1S/C23H41N3O4/c1-17-22(28)15-20(25-12-10-24-16-25)21-13-18(9-11-26(17)21)7-5-3-2-4-6-8-19(27)14-23(29)30/h10,17-22,27-28H,2-9,11-16H2,1H3,(H,29,30)/p+1/t17-,18+,19+,20-,21+,22+/m0/s1. The molecule has 0 aromatic carbocycles. The van der Waals surface area contributed by atoms with Crippen molar-refractivity contribution < 1.29 is 29.9 Å². The van der Waals surface area contributed by atoms with Crippen molar-refractivity contribution in [2.75, 3.05) is 19.8 Å². The first-order valence-corrected chi connectivity index (χ1v) is 12.2. The number of carboxylic acids is 1. The van der Waals surface area contributed by atoms with Crippen molar-refractivity contribution in [3.8, 4) is 0 Å². The number of rotatable bonds is 11. The smallest absolute Gasteiger partial charge is 0.171 e. The van der Waals surface area contributed by atoms with E-state index in [0.29, 0.717) is 24.5 Å². The van der Waals surface area contributed by atoms with Crippen LogP contribution in [0.4, 0.5) is 0 Å². The fourth-order valence-corrected chi connectivity index (χ4v) is 6.10. The van der Waals surface area contributed by atoms with Crippen LogP contribution in [0.3, 0.4) is 0 Å². The molecule has 3 rings (SSSR count). The Morgan fingerprint density at radius 3 is 2.70 bits per heavy atom. The lowest BCUT2D eigenvalue weighted by molar-refractivity contribution is -1.02. The Labute approximate surface area is 181 Å². The lowest BCUT2D eigenvalue weighted by Gasteiger charge is -2.49. The number of aliphatic hydroxyl groups is 2. The number of nitrogens with one attached hydrogen (secondary N) is 2. The van der Waals surface area contributed by atoms with Gasteiger partial charge in [0.15, 0.2) is 6.67 Å². The molecule has 0 aromatic rings. The van der Waals surface area contributed by atoms with Crippen molar-refractivity contribution in [1.82, 2.24) is 0 Å². The largest absolute Gasteiger partial charge is 0.550 e. The van der Waals surface area contributed by atoms with Crippen LogP contribution >= 0.6 is 0 Å². The summed E-state index contributed by atoms with van der Waals surface area (Å²) in [6, 6.07) is 1.54. The highest BCUT2D eigenvalue weighted by atomic mass is 16.4. The summed E-state index contributed by atoms with van der Waals surface area (Å²) in [5, 5.41) is 30.6. The lowest BCUT2D eigenvalue weighted by atomic mass is 9.77. The Morgan fingerprint density at radius 1 is 1.20 bits per heavy atom. The van der Waals surface area contributed by atoms with Gasteiger partial charge >= 0.3 is 0 Å². The molecule has 3 aliphatic rings. The third-order valence-corrected chi connectivity index (χ3v) is 7.90. The zero-order valence-electron chi connectivity index (χ0n) is 18.6. The normalized spacial score (nSPS) is 37.1. The van der Waals surface area contributed by atoms with Crippen LogP contribution in [-0.4, -0.2) is 72.5 Å². The van der Waals surface area contributed by atoms with E-state index >= 15 is 0 Å². The number of nitrogens with zero attached hydrogens (tertiary/aromatic N) is 1. The summed E-state index contributed by atoms with van der Waals surface area (Å²) < 4.78 is 0. The Morgan fingerprint density at radius 2 is 1.97 bits per heavy atom. The van der Waals surface area contributed by atoms with Crippen molar-refractivity contribution in [2.24, 2.45) is 10.9 Å². The summed E-state index contributed by atoms with van der Waals surface area (Å²) in [6.45, 7) is 5.30. The number of aliphatic carboxylic acids is 1. The third-order valence-electron chi connectivity index (χ3n) is 7.90. The summed E-state index contributed by atoms with van der Waals surface area (Å²) >= 11 is 0. The van der Waals surface area contributed by atoms with Crippen molar-refractivity contribution in [2.45, 2.75) is 108 Å². The number of carbonyl (C=O) groups excluding carboxylic acids is 1. The molecule has 2 fully saturated rings. The molecule has 2 saturated heterocycles. The van der Waals surface area contributed by atoms with Gasteiger partial charge < -0.3 is 29.9 Å². The zero-order chi connectivity index (χ0) is 21.5. The molecule has 2 unspecified atom stereocenters. The molecule has 3 aliphatic heterocycles. The first kappa shape index (κ1) is 23.6. The minimum absolute atomic E-state index is 0.184. The predicted molar refractivity (Wildman–Crippen MR) is 113 cm³/mol. The van der Waals surface area contributed by atoms with E-state index in [2.05, 4.69) is 18.1 Å². The van der Waals surface area contributed by atoms with Gasteiger partial charge in [-0.1, -0.05) is 32.1 Å². The Kier molecular flexibility index (Phi) is 9.11. The lowest BCUT2D eigenvalue weighted by Crippen LogP contribution is -3.30. The van der Waals surface area contributed by atoms with Gasteiger partial charge in [0.2, 0.25) is 0 Å². The summed E-state index contributed by atoms with van der Waals surface area (Å²) in [4.78, 5) is 18.1. The maximum atomic E-state index is 10.6. The topological polar surface area (TPSA) is 102 Å². The van der Waals surface area contributed by atoms with Crippen LogP contribution in [0.2, 0.25) is 0 Å². The average Bonchev–Trinajstić information content (AvgIpc) is 3.24. The molecule has 7 heteroatoms. The molecular formula is C23H42N3O4+. The summed E-state index contributed by atoms with van der Waals surface area (Å²) in [5.74, 6) is -0.366. The number of carboxylic acid groups (broad SMARTS) is 1. The van der Waals surface area contributed by atoms with E-state index in [1.54, 1.807) is 9.80 Å². The molecule has 4 N–H and O–H groups in total. The van der Waals surface area contributed by atoms with E-state index in [1.165, 1.54) is 38.6 Å². The molecule has 7 nitrogen and oxygen atoms in total. The van der Waals surface area contributed by atoms with Gasteiger partial charge in [0.05, 0.1) is 18.9 Å². The Balaban J connectivity index is 1.35. The number of piperidine rings is 2. The molecule has 0 radical (unpaired) electrons. The summed E-state index contributed by atoms with van der Waals surface area (Å²) in [7, 11) is 0. The molecule has 0 amide bonds. The molecule has 8 atom stereocenters.